The van der Waals surface area contributed by atoms with Gasteiger partial charge in [-0.1, -0.05) is 90.7 Å². The third-order valence-electron chi connectivity index (χ3n) is 3.97. The summed E-state index contributed by atoms with van der Waals surface area (Å²) in [5.41, 5.74) is 2.96. The van der Waals surface area contributed by atoms with Gasteiger partial charge in [-0.2, -0.15) is 0 Å². The van der Waals surface area contributed by atoms with Crippen LogP contribution in [0.5, 0.6) is 0 Å². The Balaban J connectivity index is 1.56. The molecule has 3 heteroatoms. The first kappa shape index (κ1) is 18.4. The maximum atomic E-state index is 12.1. The molecule has 134 valence electrons. The second kappa shape index (κ2) is 9.96. The van der Waals surface area contributed by atoms with Crippen LogP contribution in [-0.2, 0) is 9.53 Å². The number of benzene rings is 3. The van der Waals surface area contributed by atoms with Crippen LogP contribution in [0.1, 0.15) is 22.8 Å². The molecule has 3 rings (SSSR count). The topological polar surface area (TPSA) is 38.3 Å². The van der Waals surface area contributed by atoms with Gasteiger partial charge in [0, 0.05) is 5.56 Å². The van der Waals surface area contributed by atoms with Gasteiger partial charge in [-0.15, -0.1) is 0 Å². The Morgan fingerprint density at radius 2 is 1.33 bits per heavy atom. The van der Waals surface area contributed by atoms with E-state index in [9.17, 15) is 4.79 Å². The Morgan fingerprint density at radius 1 is 0.815 bits per heavy atom. The van der Waals surface area contributed by atoms with Crippen LogP contribution in [0.15, 0.2) is 91.0 Å². The maximum Gasteiger partial charge on any atom is 0.246 e. The van der Waals surface area contributed by atoms with Crippen LogP contribution in [0, 0.1) is 11.8 Å². The molecule has 0 saturated heterocycles. The molecule has 0 atom stereocenters. The second-order valence-corrected chi connectivity index (χ2v) is 5.96. The van der Waals surface area contributed by atoms with Crippen molar-refractivity contribution in [1.82, 2.24) is 5.32 Å². The molecule has 1 N–H and O–H groups in total. The van der Waals surface area contributed by atoms with Gasteiger partial charge >= 0.3 is 0 Å². The Hall–Kier alpha value is -3.35. The number of carbonyl (C=O) groups is 1. The summed E-state index contributed by atoms with van der Waals surface area (Å²) in [5, 5.41) is 2.77. The molecule has 3 nitrogen and oxygen atoms in total. The zero-order valence-electron chi connectivity index (χ0n) is 15.0. The molecular formula is C24H21NO2. The number of amides is 1. The molecule has 0 aromatic heterocycles. The Labute approximate surface area is 160 Å². The van der Waals surface area contributed by atoms with E-state index in [0.29, 0.717) is 6.54 Å². The number of nitrogens with one attached hydrogen (secondary N) is 1. The largest absolute Gasteiger partial charge is 0.359 e. The molecule has 0 aliphatic heterocycles. The van der Waals surface area contributed by atoms with Crippen LogP contribution < -0.4 is 5.32 Å². The quantitative estimate of drug-likeness (QED) is 0.680. The molecule has 0 fully saturated rings. The minimum Gasteiger partial charge on any atom is -0.359 e. The molecule has 0 aliphatic carbocycles. The van der Waals surface area contributed by atoms with E-state index in [1.54, 1.807) is 0 Å². The van der Waals surface area contributed by atoms with Gasteiger partial charge in [-0.05, 0) is 23.3 Å². The van der Waals surface area contributed by atoms with Crippen LogP contribution in [0.2, 0.25) is 0 Å². The van der Waals surface area contributed by atoms with Gasteiger partial charge in [0.2, 0.25) is 5.91 Å². The average Bonchev–Trinajstić information content (AvgIpc) is 2.74. The average molecular weight is 355 g/mol. The lowest BCUT2D eigenvalue weighted by molar-refractivity contribution is -0.126. The van der Waals surface area contributed by atoms with Crippen LogP contribution in [0.3, 0.4) is 0 Å². The fourth-order valence-electron chi connectivity index (χ4n) is 2.66. The van der Waals surface area contributed by atoms with Gasteiger partial charge in [0.25, 0.3) is 0 Å². The molecule has 1 amide bonds. The van der Waals surface area contributed by atoms with Crippen LogP contribution in [0.25, 0.3) is 0 Å². The third-order valence-corrected chi connectivity index (χ3v) is 3.97. The molecule has 0 spiro atoms. The summed E-state index contributed by atoms with van der Waals surface area (Å²) in [5.74, 6) is 5.77. The summed E-state index contributed by atoms with van der Waals surface area (Å²) >= 11 is 0. The highest BCUT2D eigenvalue weighted by atomic mass is 16.5. The number of hydrogen-bond acceptors (Lipinski definition) is 2. The monoisotopic (exact) mass is 355 g/mol. The van der Waals surface area contributed by atoms with E-state index in [0.717, 1.165) is 16.7 Å². The van der Waals surface area contributed by atoms with Crippen molar-refractivity contribution in [2.75, 3.05) is 13.2 Å². The summed E-state index contributed by atoms with van der Waals surface area (Å²) in [4.78, 5) is 12.1. The van der Waals surface area contributed by atoms with E-state index in [1.807, 2.05) is 91.0 Å². The van der Waals surface area contributed by atoms with Crippen LogP contribution in [0.4, 0.5) is 0 Å². The lowest BCUT2D eigenvalue weighted by Crippen LogP contribution is -2.28. The van der Waals surface area contributed by atoms with Crippen molar-refractivity contribution in [1.29, 1.82) is 0 Å². The second-order valence-electron chi connectivity index (χ2n) is 5.96. The predicted molar refractivity (Wildman–Crippen MR) is 107 cm³/mol. The van der Waals surface area contributed by atoms with E-state index in [-0.39, 0.29) is 18.6 Å². The van der Waals surface area contributed by atoms with Gasteiger partial charge in [0.1, 0.15) is 12.7 Å². The Morgan fingerprint density at radius 3 is 1.89 bits per heavy atom. The van der Waals surface area contributed by atoms with Crippen molar-refractivity contribution in [3.05, 3.63) is 108 Å². The smallest absolute Gasteiger partial charge is 0.246 e. The normalized spacial score (nSPS) is 10.1. The first-order valence-corrected chi connectivity index (χ1v) is 8.85. The van der Waals surface area contributed by atoms with Crippen LogP contribution >= 0.6 is 0 Å². The first-order chi connectivity index (χ1) is 13.3. The van der Waals surface area contributed by atoms with Gasteiger partial charge in [0.15, 0.2) is 0 Å². The molecule has 0 radical (unpaired) electrons. The summed E-state index contributed by atoms with van der Waals surface area (Å²) in [6, 6.07) is 29.5. The highest BCUT2D eigenvalue weighted by Crippen LogP contribution is 2.25. The summed E-state index contributed by atoms with van der Waals surface area (Å²) in [7, 11) is 0. The van der Waals surface area contributed by atoms with E-state index in [1.165, 1.54) is 0 Å². The minimum absolute atomic E-state index is 0.0263. The number of carbonyl (C=O) groups excluding carboxylic acids is 1. The van der Waals surface area contributed by atoms with Gasteiger partial charge in [-0.25, -0.2) is 0 Å². The molecule has 3 aromatic carbocycles. The zero-order valence-corrected chi connectivity index (χ0v) is 15.0. The third kappa shape index (κ3) is 5.85. The molecule has 27 heavy (non-hydrogen) atoms. The number of hydrogen-bond donors (Lipinski definition) is 1. The van der Waals surface area contributed by atoms with Gasteiger partial charge in [-0.3, -0.25) is 4.79 Å². The lowest BCUT2D eigenvalue weighted by Gasteiger charge is -2.18. The van der Waals surface area contributed by atoms with Crippen LogP contribution in [-0.4, -0.2) is 19.1 Å². The van der Waals surface area contributed by atoms with E-state index in [2.05, 4.69) is 17.2 Å². The molecular weight excluding hydrogens is 334 g/mol. The van der Waals surface area contributed by atoms with Gasteiger partial charge in [0.05, 0.1) is 6.54 Å². The van der Waals surface area contributed by atoms with Crippen molar-refractivity contribution >= 4 is 5.91 Å². The molecule has 3 aromatic rings. The van der Waals surface area contributed by atoms with Crippen molar-refractivity contribution in [3.8, 4) is 11.8 Å². The molecule has 0 saturated carbocycles. The lowest BCUT2D eigenvalue weighted by atomic mass is 10.0. The molecule has 0 heterocycles. The Kier molecular flexibility index (Phi) is 6.80. The van der Waals surface area contributed by atoms with Crippen molar-refractivity contribution in [3.63, 3.8) is 0 Å². The number of rotatable bonds is 6. The first-order valence-electron chi connectivity index (χ1n) is 8.85. The van der Waals surface area contributed by atoms with Crippen molar-refractivity contribution in [2.45, 2.75) is 6.10 Å². The highest BCUT2D eigenvalue weighted by Gasteiger charge is 2.15. The predicted octanol–water partition coefficient (Wildman–Crippen LogP) is 3.96. The van der Waals surface area contributed by atoms with Crippen molar-refractivity contribution in [2.24, 2.45) is 0 Å². The van der Waals surface area contributed by atoms with Gasteiger partial charge < -0.3 is 10.1 Å². The zero-order chi connectivity index (χ0) is 18.7. The SMILES string of the molecule is O=C(COC(c1ccccc1)c1ccccc1)NCC#Cc1ccccc1. The minimum atomic E-state index is -0.284. The Bertz CT molecular complexity index is 857. The fraction of sp³-hybridized carbons (Fsp3) is 0.125. The maximum absolute atomic E-state index is 12.1. The molecule has 0 aliphatic rings. The molecule has 0 bridgehead atoms. The van der Waals surface area contributed by atoms with E-state index in [4.69, 9.17) is 4.74 Å². The highest BCUT2D eigenvalue weighted by molar-refractivity contribution is 5.77. The summed E-state index contributed by atoms with van der Waals surface area (Å²) in [6.45, 7) is 0.264. The fourth-order valence-corrected chi connectivity index (χ4v) is 2.66. The van der Waals surface area contributed by atoms with Crippen molar-refractivity contribution < 1.29 is 9.53 Å². The standard InChI is InChI=1S/C24H21NO2/c26-23(25-18-10-13-20-11-4-1-5-12-20)19-27-24(21-14-6-2-7-15-21)22-16-8-3-9-17-22/h1-9,11-12,14-17,24H,18-19H2,(H,25,26). The van der Waals surface area contributed by atoms with E-state index < -0.39 is 0 Å². The molecule has 0 unspecified atom stereocenters. The van der Waals surface area contributed by atoms with E-state index >= 15 is 0 Å². The summed E-state index contributed by atoms with van der Waals surface area (Å²) in [6.07, 6.45) is -0.284. The number of ether oxygens (including phenoxy) is 1. The summed E-state index contributed by atoms with van der Waals surface area (Å²) < 4.78 is 5.93.